The van der Waals surface area contributed by atoms with E-state index in [1.165, 1.54) is 18.2 Å². The maximum Gasteiger partial charge on any atom is 0.238 e. The van der Waals surface area contributed by atoms with Gasteiger partial charge in [-0.25, -0.2) is 22.9 Å². The Morgan fingerprint density at radius 2 is 1.74 bits per heavy atom. The van der Waals surface area contributed by atoms with E-state index in [2.05, 4.69) is 16.4 Å². The third-order valence-electron chi connectivity index (χ3n) is 5.71. The molecule has 0 saturated carbocycles. The van der Waals surface area contributed by atoms with Gasteiger partial charge in [0.2, 0.25) is 10.0 Å². The molecule has 0 aliphatic carbocycles. The standard InChI is InChI=1S/C26H21FN4O2S2/c1-16-10-19(4-8-23(16)27)26-22(18-5-9-24-25(11-18)34-15-31-24)12-20(14-30-26)29-13-17-2-6-21(7-3-17)35(28,32)33/h2-12,14-15,29H,13H2,1H3,(H2,28,32,33). The molecule has 0 amide bonds. The van der Waals surface area contributed by atoms with Gasteiger partial charge < -0.3 is 5.32 Å². The summed E-state index contributed by atoms with van der Waals surface area (Å²) in [6.45, 7) is 2.20. The van der Waals surface area contributed by atoms with Crippen molar-refractivity contribution >= 4 is 37.3 Å². The first kappa shape index (κ1) is 23.1. The first-order chi connectivity index (χ1) is 16.8. The second-order valence-electron chi connectivity index (χ2n) is 8.16. The quantitative estimate of drug-likeness (QED) is 0.308. The minimum atomic E-state index is -3.73. The summed E-state index contributed by atoms with van der Waals surface area (Å²) in [5.74, 6) is -0.256. The molecule has 0 saturated heterocycles. The van der Waals surface area contributed by atoms with Gasteiger partial charge in [-0.05, 0) is 72.1 Å². The average molecular weight is 505 g/mol. The Morgan fingerprint density at radius 1 is 0.971 bits per heavy atom. The van der Waals surface area contributed by atoms with Crippen LogP contribution in [-0.4, -0.2) is 18.4 Å². The first-order valence-electron chi connectivity index (χ1n) is 10.7. The van der Waals surface area contributed by atoms with E-state index in [1.54, 1.807) is 48.7 Å². The highest BCUT2D eigenvalue weighted by Gasteiger charge is 2.13. The summed E-state index contributed by atoms with van der Waals surface area (Å²) in [4.78, 5) is 9.16. The van der Waals surface area contributed by atoms with E-state index in [0.29, 0.717) is 12.1 Å². The molecule has 3 N–H and O–H groups in total. The monoisotopic (exact) mass is 504 g/mol. The number of nitrogens with zero attached hydrogens (tertiary/aromatic N) is 2. The second kappa shape index (κ2) is 9.18. The smallest absolute Gasteiger partial charge is 0.238 e. The van der Waals surface area contributed by atoms with Crippen molar-refractivity contribution in [3.8, 4) is 22.4 Å². The van der Waals surface area contributed by atoms with Crippen LogP contribution < -0.4 is 10.5 Å². The molecule has 0 fully saturated rings. The third kappa shape index (κ3) is 4.93. The van der Waals surface area contributed by atoms with E-state index in [4.69, 9.17) is 10.1 Å². The number of sulfonamides is 1. The van der Waals surface area contributed by atoms with Crippen molar-refractivity contribution in [1.29, 1.82) is 0 Å². The first-order valence-corrected chi connectivity index (χ1v) is 13.2. The molecule has 35 heavy (non-hydrogen) atoms. The minimum absolute atomic E-state index is 0.0719. The number of pyridine rings is 1. The molecule has 176 valence electrons. The maximum atomic E-state index is 13.9. The lowest BCUT2D eigenvalue weighted by molar-refractivity contribution is 0.597. The van der Waals surface area contributed by atoms with Crippen molar-refractivity contribution in [2.24, 2.45) is 5.14 Å². The molecule has 2 aromatic heterocycles. The van der Waals surface area contributed by atoms with Crippen LogP contribution in [0.3, 0.4) is 0 Å². The summed E-state index contributed by atoms with van der Waals surface area (Å²) in [5, 5.41) is 8.52. The molecule has 0 radical (unpaired) electrons. The lowest BCUT2D eigenvalue weighted by atomic mass is 9.97. The molecular weight excluding hydrogens is 483 g/mol. The lowest BCUT2D eigenvalue weighted by Crippen LogP contribution is -2.12. The molecule has 3 aromatic carbocycles. The molecule has 0 atom stereocenters. The highest BCUT2D eigenvalue weighted by Crippen LogP contribution is 2.35. The van der Waals surface area contributed by atoms with Gasteiger partial charge in [-0.3, -0.25) is 4.98 Å². The van der Waals surface area contributed by atoms with Gasteiger partial charge in [0.25, 0.3) is 0 Å². The predicted molar refractivity (Wildman–Crippen MR) is 138 cm³/mol. The lowest BCUT2D eigenvalue weighted by Gasteiger charge is -2.14. The SMILES string of the molecule is Cc1cc(-c2ncc(NCc3ccc(S(N)(=O)=O)cc3)cc2-c2ccc3ncsc3c2)ccc1F. The van der Waals surface area contributed by atoms with Crippen LogP contribution in [0.1, 0.15) is 11.1 Å². The van der Waals surface area contributed by atoms with E-state index < -0.39 is 10.0 Å². The van der Waals surface area contributed by atoms with Crippen LogP contribution in [0, 0.1) is 12.7 Å². The molecule has 2 heterocycles. The number of primary sulfonamides is 1. The molecule has 0 unspecified atom stereocenters. The van der Waals surface area contributed by atoms with Crippen molar-refractivity contribution in [3.05, 3.63) is 95.4 Å². The Morgan fingerprint density at radius 3 is 2.49 bits per heavy atom. The number of halogens is 1. The molecule has 9 heteroatoms. The molecule has 0 aliphatic heterocycles. The Labute approximate surface area is 206 Å². The number of aromatic nitrogens is 2. The van der Waals surface area contributed by atoms with Gasteiger partial charge in [0, 0.05) is 17.7 Å². The van der Waals surface area contributed by atoms with Crippen LogP contribution >= 0.6 is 11.3 Å². The molecular formula is C26H21FN4O2S2. The fourth-order valence-corrected chi connectivity index (χ4v) is 5.06. The Balaban J connectivity index is 1.51. The molecule has 0 spiro atoms. The second-order valence-corrected chi connectivity index (χ2v) is 10.6. The fourth-order valence-electron chi connectivity index (χ4n) is 3.83. The number of nitrogens with two attached hydrogens (primary N) is 1. The summed E-state index contributed by atoms with van der Waals surface area (Å²) in [7, 11) is -3.73. The van der Waals surface area contributed by atoms with Crippen molar-refractivity contribution in [2.75, 3.05) is 5.32 Å². The maximum absolute atomic E-state index is 13.9. The van der Waals surface area contributed by atoms with Crippen LogP contribution in [0.15, 0.2) is 83.3 Å². The van der Waals surface area contributed by atoms with E-state index in [1.807, 2.05) is 23.7 Å². The number of thiazole rings is 1. The fraction of sp³-hybridized carbons (Fsp3) is 0.0769. The van der Waals surface area contributed by atoms with Gasteiger partial charge in [-0.1, -0.05) is 18.2 Å². The normalized spacial score (nSPS) is 11.6. The van der Waals surface area contributed by atoms with Crippen molar-refractivity contribution in [2.45, 2.75) is 18.4 Å². The predicted octanol–water partition coefficient (Wildman–Crippen LogP) is 5.73. The average Bonchev–Trinajstić information content (AvgIpc) is 3.32. The summed E-state index contributed by atoms with van der Waals surface area (Å²) in [5.41, 5.74) is 8.45. The van der Waals surface area contributed by atoms with Gasteiger partial charge in [-0.2, -0.15) is 0 Å². The van der Waals surface area contributed by atoms with Crippen LogP contribution in [0.4, 0.5) is 10.1 Å². The zero-order valence-electron chi connectivity index (χ0n) is 18.7. The van der Waals surface area contributed by atoms with Crippen LogP contribution in [-0.2, 0) is 16.6 Å². The number of benzene rings is 3. The molecule has 0 bridgehead atoms. The molecule has 6 nitrogen and oxygen atoms in total. The summed E-state index contributed by atoms with van der Waals surface area (Å²) in [6, 6.07) is 19.5. The number of anilines is 1. The summed E-state index contributed by atoms with van der Waals surface area (Å²) < 4.78 is 37.9. The topological polar surface area (TPSA) is 98.0 Å². The Kier molecular flexibility index (Phi) is 6.06. The number of rotatable bonds is 6. The number of hydrogen-bond donors (Lipinski definition) is 2. The van der Waals surface area contributed by atoms with E-state index in [0.717, 1.165) is 43.9 Å². The summed E-state index contributed by atoms with van der Waals surface area (Å²) in [6.07, 6.45) is 1.74. The number of aryl methyl sites for hydroxylation is 1. The van der Waals surface area contributed by atoms with Gasteiger partial charge in [-0.15, -0.1) is 11.3 Å². The Bertz CT molecular complexity index is 1650. The highest BCUT2D eigenvalue weighted by molar-refractivity contribution is 7.89. The third-order valence-corrected chi connectivity index (χ3v) is 7.43. The zero-order chi connectivity index (χ0) is 24.6. The summed E-state index contributed by atoms with van der Waals surface area (Å²) >= 11 is 1.57. The van der Waals surface area contributed by atoms with Crippen LogP contribution in [0.25, 0.3) is 32.6 Å². The number of nitrogens with one attached hydrogen (secondary N) is 1. The van der Waals surface area contributed by atoms with Gasteiger partial charge >= 0.3 is 0 Å². The zero-order valence-corrected chi connectivity index (χ0v) is 20.3. The van der Waals surface area contributed by atoms with Crippen molar-refractivity contribution in [1.82, 2.24) is 9.97 Å². The highest BCUT2D eigenvalue weighted by atomic mass is 32.2. The van der Waals surface area contributed by atoms with E-state index >= 15 is 0 Å². The molecule has 5 rings (SSSR count). The van der Waals surface area contributed by atoms with E-state index in [-0.39, 0.29) is 10.7 Å². The van der Waals surface area contributed by atoms with E-state index in [9.17, 15) is 12.8 Å². The van der Waals surface area contributed by atoms with Gasteiger partial charge in [0.05, 0.1) is 38.2 Å². The largest absolute Gasteiger partial charge is 0.380 e. The minimum Gasteiger partial charge on any atom is -0.380 e. The molecule has 0 aliphatic rings. The Hall–Kier alpha value is -3.66. The van der Waals surface area contributed by atoms with Gasteiger partial charge in [0.15, 0.2) is 0 Å². The van der Waals surface area contributed by atoms with Crippen molar-refractivity contribution < 1.29 is 12.8 Å². The number of fused-ring (bicyclic) bond motifs is 1. The van der Waals surface area contributed by atoms with Crippen LogP contribution in [0.2, 0.25) is 0 Å². The van der Waals surface area contributed by atoms with Gasteiger partial charge in [0.1, 0.15) is 5.82 Å². The van der Waals surface area contributed by atoms with Crippen molar-refractivity contribution in [3.63, 3.8) is 0 Å². The number of hydrogen-bond acceptors (Lipinski definition) is 6. The molecule has 5 aromatic rings. The van der Waals surface area contributed by atoms with Crippen LogP contribution in [0.5, 0.6) is 0 Å².